The van der Waals surface area contributed by atoms with Crippen LogP contribution in [-0.2, 0) is 4.74 Å². The minimum absolute atomic E-state index is 0.540. The van der Waals surface area contributed by atoms with Gasteiger partial charge in [0.05, 0.1) is 12.7 Å². The van der Waals surface area contributed by atoms with Crippen LogP contribution in [0.5, 0.6) is 0 Å². The van der Waals surface area contributed by atoms with Gasteiger partial charge >= 0.3 is 0 Å². The van der Waals surface area contributed by atoms with Crippen molar-refractivity contribution in [2.75, 3.05) is 6.61 Å². The molecule has 2 fully saturated rings. The highest BCUT2D eigenvalue weighted by Crippen LogP contribution is 2.30. The molecule has 0 aromatic heterocycles. The van der Waals surface area contributed by atoms with Gasteiger partial charge < -0.3 is 4.74 Å². The van der Waals surface area contributed by atoms with E-state index in [4.69, 9.17) is 4.74 Å². The molecule has 2 aliphatic rings. The van der Waals surface area contributed by atoms with Crippen molar-refractivity contribution in [3.05, 3.63) is 12.2 Å². The fourth-order valence-electron chi connectivity index (χ4n) is 4.19. The molecule has 22 heavy (non-hydrogen) atoms. The molecule has 0 atom stereocenters. The van der Waals surface area contributed by atoms with Crippen LogP contribution < -0.4 is 0 Å². The lowest BCUT2D eigenvalue weighted by Crippen LogP contribution is -2.21. The standard InChI is InChI=1S/C21H38O/c1-3-4-5-7-19-13-15-21(16-14-19)22-17-6-8-20-11-9-18(2)10-12-20/h6,8,18-21H,3-5,7,9-17H2,1-2H3. The van der Waals surface area contributed by atoms with Crippen molar-refractivity contribution in [1.82, 2.24) is 0 Å². The van der Waals surface area contributed by atoms with Crippen LogP contribution in [0.4, 0.5) is 0 Å². The van der Waals surface area contributed by atoms with Crippen LogP contribution in [0.15, 0.2) is 12.2 Å². The normalized spacial score (nSPS) is 33.4. The second kappa shape index (κ2) is 10.5. The van der Waals surface area contributed by atoms with Crippen molar-refractivity contribution >= 4 is 0 Å². The molecule has 2 rings (SSSR count). The number of allylic oxidation sites excluding steroid dienone is 1. The number of hydrogen-bond donors (Lipinski definition) is 0. The lowest BCUT2D eigenvalue weighted by molar-refractivity contribution is 0.0331. The Morgan fingerprint density at radius 1 is 0.909 bits per heavy atom. The number of rotatable bonds is 8. The molecule has 0 aromatic carbocycles. The first kappa shape index (κ1) is 18.0. The molecule has 0 bridgehead atoms. The van der Waals surface area contributed by atoms with E-state index >= 15 is 0 Å². The maximum Gasteiger partial charge on any atom is 0.0651 e. The summed E-state index contributed by atoms with van der Waals surface area (Å²) in [5, 5.41) is 0. The van der Waals surface area contributed by atoms with E-state index in [1.807, 2.05) is 0 Å². The Morgan fingerprint density at radius 3 is 2.32 bits per heavy atom. The largest absolute Gasteiger partial charge is 0.374 e. The maximum absolute atomic E-state index is 6.08. The van der Waals surface area contributed by atoms with Gasteiger partial charge in [-0.1, -0.05) is 64.5 Å². The highest BCUT2D eigenvalue weighted by Gasteiger charge is 2.21. The molecule has 0 aromatic rings. The zero-order valence-corrected chi connectivity index (χ0v) is 15.1. The Bertz CT molecular complexity index is 293. The third-order valence-corrected chi connectivity index (χ3v) is 5.91. The van der Waals surface area contributed by atoms with Crippen LogP contribution in [0, 0.1) is 17.8 Å². The molecule has 128 valence electrons. The van der Waals surface area contributed by atoms with Gasteiger partial charge in [-0.2, -0.15) is 0 Å². The molecule has 0 amide bonds. The Hall–Kier alpha value is -0.300. The zero-order chi connectivity index (χ0) is 15.6. The predicted molar refractivity (Wildman–Crippen MR) is 96.1 cm³/mol. The molecule has 0 radical (unpaired) electrons. The zero-order valence-electron chi connectivity index (χ0n) is 15.1. The van der Waals surface area contributed by atoms with Crippen molar-refractivity contribution in [3.63, 3.8) is 0 Å². The van der Waals surface area contributed by atoms with Crippen LogP contribution in [-0.4, -0.2) is 12.7 Å². The van der Waals surface area contributed by atoms with Gasteiger partial charge in [-0.3, -0.25) is 0 Å². The van der Waals surface area contributed by atoms with Crippen molar-refractivity contribution in [2.24, 2.45) is 17.8 Å². The summed E-state index contributed by atoms with van der Waals surface area (Å²) in [5.41, 5.74) is 0. The van der Waals surface area contributed by atoms with Gasteiger partial charge in [-0.25, -0.2) is 0 Å². The second-order valence-electron chi connectivity index (χ2n) is 7.92. The van der Waals surface area contributed by atoms with Crippen LogP contribution >= 0.6 is 0 Å². The van der Waals surface area contributed by atoms with Crippen molar-refractivity contribution in [2.45, 2.75) is 97.0 Å². The summed E-state index contributed by atoms with van der Waals surface area (Å²) < 4.78 is 6.08. The van der Waals surface area contributed by atoms with Crippen molar-refractivity contribution < 1.29 is 4.74 Å². The molecule has 0 unspecified atom stereocenters. The van der Waals surface area contributed by atoms with Gasteiger partial charge in [-0.05, 0) is 56.3 Å². The highest BCUT2D eigenvalue weighted by molar-refractivity contribution is 4.91. The van der Waals surface area contributed by atoms with E-state index in [0.29, 0.717) is 6.10 Å². The van der Waals surface area contributed by atoms with Gasteiger partial charge in [0.1, 0.15) is 0 Å². The smallest absolute Gasteiger partial charge is 0.0651 e. The Balaban J connectivity index is 1.51. The number of unbranched alkanes of at least 4 members (excludes halogenated alkanes) is 2. The maximum atomic E-state index is 6.08. The topological polar surface area (TPSA) is 9.23 Å². The van der Waals surface area contributed by atoms with E-state index in [1.54, 1.807) is 0 Å². The summed E-state index contributed by atoms with van der Waals surface area (Å²) >= 11 is 0. The quantitative estimate of drug-likeness (QED) is 0.366. The minimum atomic E-state index is 0.540. The molecule has 0 aliphatic heterocycles. The van der Waals surface area contributed by atoms with Gasteiger partial charge in [0.25, 0.3) is 0 Å². The average Bonchev–Trinajstić information content (AvgIpc) is 2.55. The van der Waals surface area contributed by atoms with E-state index in [0.717, 1.165) is 24.4 Å². The fourth-order valence-corrected chi connectivity index (χ4v) is 4.19. The van der Waals surface area contributed by atoms with Crippen LogP contribution in [0.25, 0.3) is 0 Å². The first-order valence-electron chi connectivity index (χ1n) is 10.1. The SMILES string of the molecule is CCCCCC1CCC(OCC=CC2CCC(C)CC2)CC1. The first-order chi connectivity index (χ1) is 10.8. The van der Waals surface area contributed by atoms with Crippen LogP contribution in [0.2, 0.25) is 0 Å². The van der Waals surface area contributed by atoms with Crippen molar-refractivity contribution in [3.8, 4) is 0 Å². The van der Waals surface area contributed by atoms with Gasteiger partial charge in [0.15, 0.2) is 0 Å². The summed E-state index contributed by atoms with van der Waals surface area (Å²) in [6.07, 6.45) is 21.9. The summed E-state index contributed by atoms with van der Waals surface area (Å²) in [6.45, 7) is 5.53. The summed E-state index contributed by atoms with van der Waals surface area (Å²) in [7, 11) is 0. The fraction of sp³-hybridized carbons (Fsp3) is 0.905. The van der Waals surface area contributed by atoms with E-state index < -0.39 is 0 Å². The predicted octanol–water partition coefficient (Wildman–Crippen LogP) is 6.52. The molecule has 0 spiro atoms. The molecule has 0 N–H and O–H groups in total. The molecular formula is C21H38O. The monoisotopic (exact) mass is 306 g/mol. The molecule has 0 saturated heterocycles. The molecule has 2 saturated carbocycles. The van der Waals surface area contributed by atoms with E-state index in [1.165, 1.54) is 77.0 Å². The first-order valence-corrected chi connectivity index (χ1v) is 10.1. The molecular weight excluding hydrogens is 268 g/mol. The minimum Gasteiger partial charge on any atom is -0.374 e. The van der Waals surface area contributed by atoms with Crippen LogP contribution in [0.3, 0.4) is 0 Å². The lowest BCUT2D eigenvalue weighted by atomic mass is 9.83. The molecule has 0 heterocycles. The van der Waals surface area contributed by atoms with E-state index in [-0.39, 0.29) is 0 Å². The van der Waals surface area contributed by atoms with E-state index in [2.05, 4.69) is 26.0 Å². The van der Waals surface area contributed by atoms with E-state index in [9.17, 15) is 0 Å². The van der Waals surface area contributed by atoms with Gasteiger partial charge in [-0.15, -0.1) is 0 Å². The summed E-state index contributed by atoms with van der Waals surface area (Å²) in [4.78, 5) is 0. The Labute approximate surface area is 138 Å². The Kier molecular flexibility index (Phi) is 8.59. The van der Waals surface area contributed by atoms with Crippen molar-refractivity contribution in [1.29, 1.82) is 0 Å². The van der Waals surface area contributed by atoms with Gasteiger partial charge in [0.2, 0.25) is 0 Å². The second-order valence-corrected chi connectivity index (χ2v) is 7.92. The summed E-state index contributed by atoms with van der Waals surface area (Å²) in [6, 6.07) is 0. The Morgan fingerprint density at radius 2 is 1.64 bits per heavy atom. The lowest BCUT2D eigenvalue weighted by Gasteiger charge is -2.28. The molecule has 1 heteroatoms. The molecule has 2 aliphatic carbocycles. The number of ether oxygens (including phenoxy) is 1. The third kappa shape index (κ3) is 6.86. The average molecular weight is 307 g/mol. The molecule has 1 nitrogen and oxygen atoms in total. The summed E-state index contributed by atoms with van der Waals surface area (Å²) in [5.74, 6) is 2.77. The van der Waals surface area contributed by atoms with Crippen LogP contribution in [0.1, 0.15) is 90.9 Å². The number of hydrogen-bond acceptors (Lipinski definition) is 1. The third-order valence-electron chi connectivity index (χ3n) is 5.91. The highest BCUT2D eigenvalue weighted by atomic mass is 16.5. The van der Waals surface area contributed by atoms with Gasteiger partial charge in [0, 0.05) is 0 Å².